The maximum absolute atomic E-state index is 12.3. The van der Waals surface area contributed by atoms with E-state index in [1.54, 1.807) is 12.1 Å². The zero-order chi connectivity index (χ0) is 15.5. The minimum Gasteiger partial charge on any atom is -0.468 e. The van der Waals surface area contributed by atoms with Crippen LogP contribution in [0, 0.1) is 0 Å². The summed E-state index contributed by atoms with van der Waals surface area (Å²) >= 11 is 6.01. The largest absolute Gasteiger partial charge is 0.468 e. The van der Waals surface area contributed by atoms with Crippen molar-refractivity contribution in [2.45, 2.75) is 31.6 Å². The fourth-order valence-electron chi connectivity index (χ4n) is 2.67. The molecule has 1 aromatic carbocycles. The molecule has 0 heterocycles. The second-order valence-corrected chi connectivity index (χ2v) is 5.37. The van der Waals surface area contributed by atoms with Gasteiger partial charge in [-0.05, 0) is 42.5 Å². The molecule has 1 aromatic rings. The van der Waals surface area contributed by atoms with Crippen LogP contribution in [0.4, 0.5) is 0 Å². The van der Waals surface area contributed by atoms with Crippen LogP contribution in [0.2, 0.25) is 5.02 Å². The highest BCUT2D eigenvalue weighted by Crippen LogP contribution is 2.38. The molecule has 6 heteroatoms. The van der Waals surface area contributed by atoms with Crippen LogP contribution in [-0.4, -0.2) is 25.3 Å². The Morgan fingerprint density at radius 2 is 2.19 bits per heavy atom. The number of carbonyl (C=O) groups is 2. The summed E-state index contributed by atoms with van der Waals surface area (Å²) in [6, 6.07) is 5.37. The highest BCUT2D eigenvalue weighted by molar-refractivity contribution is 6.30. The molecule has 112 valence electrons. The molecule has 0 saturated heterocycles. The molecule has 1 atom stereocenters. The van der Waals surface area contributed by atoms with E-state index in [4.69, 9.17) is 16.3 Å². The highest BCUT2D eigenvalue weighted by atomic mass is 35.5. The van der Waals surface area contributed by atoms with E-state index in [-0.39, 0.29) is 0 Å². The van der Waals surface area contributed by atoms with Crippen LogP contribution in [0.5, 0.6) is 0 Å². The van der Waals surface area contributed by atoms with Crippen molar-refractivity contribution in [2.75, 3.05) is 7.11 Å². The van der Waals surface area contributed by atoms with Crippen molar-refractivity contribution in [2.24, 2.45) is 5.16 Å². The van der Waals surface area contributed by atoms with E-state index in [1.165, 1.54) is 20.2 Å². The van der Waals surface area contributed by atoms with Gasteiger partial charge in [0, 0.05) is 11.9 Å². The first kappa shape index (κ1) is 15.5. The Kier molecular flexibility index (Phi) is 4.63. The van der Waals surface area contributed by atoms with Gasteiger partial charge in [0.25, 0.3) is 0 Å². The molecule has 0 N–H and O–H groups in total. The van der Waals surface area contributed by atoms with E-state index in [9.17, 15) is 9.59 Å². The maximum atomic E-state index is 12.3. The zero-order valence-electron chi connectivity index (χ0n) is 11.9. The molecule has 0 aliphatic heterocycles. The van der Waals surface area contributed by atoms with E-state index in [1.807, 2.05) is 6.07 Å². The van der Waals surface area contributed by atoms with Crippen LogP contribution >= 0.6 is 11.6 Å². The summed E-state index contributed by atoms with van der Waals surface area (Å²) in [6.07, 6.45) is 3.51. The van der Waals surface area contributed by atoms with Crippen LogP contribution in [0.15, 0.2) is 23.4 Å². The van der Waals surface area contributed by atoms with Gasteiger partial charge >= 0.3 is 11.9 Å². The number of ether oxygens (including phenoxy) is 1. The average molecular weight is 310 g/mol. The first-order valence-electron chi connectivity index (χ1n) is 6.59. The van der Waals surface area contributed by atoms with E-state index in [0.717, 1.165) is 24.0 Å². The quantitative estimate of drug-likeness (QED) is 0.372. The summed E-state index contributed by atoms with van der Waals surface area (Å²) < 4.78 is 4.93. The molecule has 0 bridgehead atoms. The van der Waals surface area contributed by atoms with Crippen molar-refractivity contribution in [3.63, 3.8) is 0 Å². The lowest BCUT2D eigenvalue weighted by atomic mass is 9.70. The fourth-order valence-corrected chi connectivity index (χ4v) is 2.86. The minimum absolute atomic E-state index is 0.429. The lowest BCUT2D eigenvalue weighted by molar-refractivity contribution is -0.146. The van der Waals surface area contributed by atoms with Gasteiger partial charge in [-0.1, -0.05) is 22.8 Å². The summed E-state index contributed by atoms with van der Waals surface area (Å²) in [7, 11) is 1.33. The number of methoxy groups -OCH3 is 1. The fraction of sp³-hybridized carbons (Fsp3) is 0.400. The Balaban J connectivity index is 2.50. The summed E-state index contributed by atoms with van der Waals surface area (Å²) in [4.78, 5) is 27.8. The van der Waals surface area contributed by atoms with Gasteiger partial charge in [0.2, 0.25) is 0 Å². The van der Waals surface area contributed by atoms with Crippen LogP contribution in [0.25, 0.3) is 0 Å². The summed E-state index contributed by atoms with van der Waals surface area (Å²) in [5.41, 5.74) is 0.733. The van der Waals surface area contributed by atoms with E-state index < -0.39 is 17.4 Å². The maximum Gasteiger partial charge on any atom is 0.331 e. The number of hydrogen-bond acceptors (Lipinski definition) is 5. The first-order chi connectivity index (χ1) is 9.99. The second kappa shape index (κ2) is 6.26. The molecule has 0 saturated carbocycles. The predicted molar refractivity (Wildman–Crippen MR) is 78.3 cm³/mol. The number of halogens is 1. The number of nitrogens with zero attached hydrogens (tertiary/aromatic N) is 1. The Morgan fingerprint density at radius 3 is 2.86 bits per heavy atom. The van der Waals surface area contributed by atoms with Crippen molar-refractivity contribution in [3.05, 3.63) is 34.3 Å². The standard InChI is InChI=1S/C15H16ClNO4/c1-10(18)21-17-9-15(14(19)20-2)7-3-4-11-8-12(16)5-6-13(11)15/h5-6,8-9H,3-4,7H2,1-2H3/b17-9+. The normalized spacial score (nSPS) is 20.9. The molecule has 1 aliphatic carbocycles. The predicted octanol–water partition coefficient (Wildman–Crippen LogP) is 2.64. The summed E-state index contributed by atoms with van der Waals surface area (Å²) in [6.45, 7) is 1.25. The topological polar surface area (TPSA) is 65.0 Å². The number of fused-ring (bicyclic) bond motifs is 1. The summed E-state index contributed by atoms with van der Waals surface area (Å²) in [5.74, 6) is -0.972. The summed E-state index contributed by atoms with van der Waals surface area (Å²) in [5, 5.41) is 4.27. The third-order valence-electron chi connectivity index (χ3n) is 3.57. The molecular weight excluding hydrogens is 294 g/mol. The van der Waals surface area contributed by atoms with Crippen LogP contribution in [0.3, 0.4) is 0 Å². The van der Waals surface area contributed by atoms with Gasteiger partial charge in [-0.25, -0.2) is 4.79 Å². The van der Waals surface area contributed by atoms with E-state index in [0.29, 0.717) is 11.4 Å². The molecule has 5 nitrogen and oxygen atoms in total. The second-order valence-electron chi connectivity index (χ2n) is 4.94. The van der Waals surface area contributed by atoms with Gasteiger partial charge in [-0.15, -0.1) is 0 Å². The Morgan fingerprint density at radius 1 is 1.43 bits per heavy atom. The number of oxime groups is 1. The van der Waals surface area contributed by atoms with Crippen molar-refractivity contribution in [1.29, 1.82) is 0 Å². The molecule has 1 unspecified atom stereocenters. The smallest absolute Gasteiger partial charge is 0.331 e. The number of esters is 1. The zero-order valence-corrected chi connectivity index (χ0v) is 12.6. The molecule has 0 amide bonds. The Bertz CT molecular complexity index is 599. The minimum atomic E-state index is -1.04. The molecule has 0 aromatic heterocycles. The van der Waals surface area contributed by atoms with Crippen LogP contribution in [0.1, 0.15) is 30.9 Å². The van der Waals surface area contributed by atoms with Gasteiger partial charge in [0.05, 0.1) is 13.3 Å². The van der Waals surface area contributed by atoms with Crippen LogP contribution < -0.4 is 0 Å². The Hall–Kier alpha value is -1.88. The molecule has 0 spiro atoms. The molecular formula is C15H16ClNO4. The van der Waals surface area contributed by atoms with Crippen molar-refractivity contribution >= 4 is 29.8 Å². The monoisotopic (exact) mass is 309 g/mol. The van der Waals surface area contributed by atoms with Gasteiger partial charge in [-0.2, -0.15) is 0 Å². The van der Waals surface area contributed by atoms with E-state index >= 15 is 0 Å². The number of rotatable bonds is 3. The van der Waals surface area contributed by atoms with Gasteiger partial charge in [0.1, 0.15) is 5.41 Å². The SMILES string of the molecule is COC(=O)C1(/C=N/OC(C)=O)CCCc2cc(Cl)ccc21. The van der Waals surface area contributed by atoms with E-state index in [2.05, 4.69) is 9.99 Å². The molecule has 21 heavy (non-hydrogen) atoms. The van der Waals surface area contributed by atoms with Gasteiger partial charge < -0.3 is 9.57 Å². The third-order valence-corrected chi connectivity index (χ3v) is 3.80. The van der Waals surface area contributed by atoms with Gasteiger partial charge in [-0.3, -0.25) is 4.79 Å². The number of hydrogen-bond donors (Lipinski definition) is 0. The average Bonchev–Trinajstić information content (AvgIpc) is 2.45. The third kappa shape index (κ3) is 3.08. The van der Waals surface area contributed by atoms with Crippen molar-refractivity contribution in [3.8, 4) is 0 Å². The molecule has 0 fully saturated rings. The van der Waals surface area contributed by atoms with Gasteiger partial charge in [0.15, 0.2) is 0 Å². The highest BCUT2D eigenvalue weighted by Gasteiger charge is 2.43. The number of carbonyl (C=O) groups excluding carboxylic acids is 2. The number of aryl methyl sites for hydroxylation is 1. The van der Waals surface area contributed by atoms with Crippen LogP contribution in [-0.2, 0) is 31.0 Å². The number of benzene rings is 1. The lowest BCUT2D eigenvalue weighted by Crippen LogP contribution is -2.41. The van der Waals surface area contributed by atoms with Crippen molar-refractivity contribution in [1.82, 2.24) is 0 Å². The molecule has 1 aliphatic rings. The Labute approximate surface area is 127 Å². The molecule has 2 rings (SSSR count). The first-order valence-corrected chi connectivity index (χ1v) is 6.97. The lowest BCUT2D eigenvalue weighted by Gasteiger charge is -2.33. The van der Waals surface area contributed by atoms with Crippen molar-refractivity contribution < 1.29 is 19.2 Å². The molecule has 0 radical (unpaired) electrons.